The van der Waals surface area contributed by atoms with Crippen LogP contribution in [0.5, 0.6) is 5.75 Å². The molecule has 1 aliphatic heterocycles. The first kappa shape index (κ1) is 22.4. The van der Waals surface area contributed by atoms with E-state index in [1.54, 1.807) is 0 Å². The number of nitrogens with zero attached hydrogens (tertiary/aromatic N) is 1. The molecular weight excluding hydrogens is 416 g/mol. The molecule has 4 aromatic rings. The summed E-state index contributed by atoms with van der Waals surface area (Å²) in [5.74, 6) is 0.959. The maximum Gasteiger partial charge on any atom is 0.124 e. The molecule has 172 valence electrons. The van der Waals surface area contributed by atoms with Gasteiger partial charge in [-0.3, -0.25) is 4.90 Å². The van der Waals surface area contributed by atoms with Crippen molar-refractivity contribution in [2.45, 2.75) is 19.1 Å². The van der Waals surface area contributed by atoms with E-state index in [-0.39, 0.29) is 6.04 Å². The van der Waals surface area contributed by atoms with Crippen molar-refractivity contribution in [2.24, 2.45) is 0 Å². The zero-order valence-corrected chi connectivity index (χ0v) is 19.6. The van der Waals surface area contributed by atoms with Gasteiger partial charge in [0.05, 0.1) is 6.04 Å². The van der Waals surface area contributed by atoms with Gasteiger partial charge in [0.15, 0.2) is 0 Å². The number of rotatable bonds is 7. The van der Waals surface area contributed by atoms with Gasteiger partial charge in [0.2, 0.25) is 0 Å². The Bertz CT molecular complexity index is 1150. The second kappa shape index (κ2) is 11.1. The molecule has 0 radical (unpaired) electrons. The van der Waals surface area contributed by atoms with Crippen molar-refractivity contribution in [1.82, 2.24) is 10.2 Å². The molecule has 0 bridgehead atoms. The number of ether oxygens (including phenoxy) is 1. The van der Waals surface area contributed by atoms with Crippen molar-refractivity contribution in [1.29, 1.82) is 0 Å². The fourth-order valence-corrected chi connectivity index (χ4v) is 4.77. The maximum absolute atomic E-state index is 6.40. The van der Waals surface area contributed by atoms with Gasteiger partial charge in [-0.05, 0) is 41.3 Å². The predicted octanol–water partition coefficient (Wildman–Crippen LogP) is 6.32. The minimum absolute atomic E-state index is 0.150. The van der Waals surface area contributed by atoms with E-state index in [1.807, 2.05) is 6.07 Å². The quantitative estimate of drug-likeness (QED) is 0.358. The fraction of sp³-hybridized carbons (Fsp3) is 0.226. The van der Waals surface area contributed by atoms with Crippen LogP contribution in [0.15, 0.2) is 109 Å². The summed E-state index contributed by atoms with van der Waals surface area (Å²) < 4.78 is 6.40. The second-order valence-corrected chi connectivity index (χ2v) is 8.84. The third-order valence-electron chi connectivity index (χ3n) is 6.52. The van der Waals surface area contributed by atoms with E-state index in [9.17, 15) is 0 Å². The average Bonchev–Trinajstić information content (AvgIpc) is 3.19. The number of benzene rings is 4. The van der Waals surface area contributed by atoms with Gasteiger partial charge in [-0.15, -0.1) is 0 Å². The van der Waals surface area contributed by atoms with Crippen LogP contribution in [-0.2, 0) is 6.61 Å². The Hall–Kier alpha value is -3.40. The van der Waals surface area contributed by atoms with E-state index in [4.69, 9.17) is 4.74 Å². The maximum atomic E-state index is 6.40. The normalized spacial score (nSPS) is 15.4. The summed E-state index contributed by atoms with van der Waals surface area (Å²) >= 11 is 0. The van der Waals surface area contributed by atoms with Crippen LogP contribution in [0.25, 0.3) is 11.1 Å². The highest BCUT2D eigenvalue weighted by Gasteiger charge is 2.26. The molecule has 0 saturated carbocycles. The van der Waals surface area contributed by atoms with Crippen LogP contribution >= 0.6 is 0 Å². The average molecular weight is 449 g/mol. The molecule has 4 aromatic carbocycles. The molecule has 1 unspecified atom stereocenters. The van der Waals surface area contributed by atoms with Gasteiger partial charge in [0, 0.05) is 25.2 Å². The highest BCUT2D eigenvalue weighted by Crippen LogP contribution is 2.36. The zero-order valence-electron chi connectivity index (χ0n) is 19.6. The van der Waals surface area contributed by atoms with E-state index >= 15 is 0 Å². The zero-order chi connectivity index (χ0) is 23.0. The van der Waals surface area contributed by atoms with Gasteiger partial charge in [0.1, 0.15) is 12.4 Å². The molecule has 1 N–H and O–H groups in total. The lowest BCUT2D eigenvalue weighted by Gasteiger charge is -2.32. The van der Waals surface area contributed by atoms with Crippen LogP contribution in [0.4, 0.5) is 0 Å². The molecule has 34 heavy (non-hydrogen) atoms. The molecule has 1 aliphatic rings. The first-order valence-electron chi connectivity index (χ1n) is 12.2. The number of hydrogen-bond donors (Lipinski definition) is 1. The largest absolute Gasteiger partial charge is 0.489 e. The van der Waals surface area contributed by atoms with Crippen molar-refractivity contribution in [3.63, 3.8) is 0 Å². The highest BCUT2D eigenvalue weighted by atomic mass is 16.5. The van der Waals surface area contributed by atoms with Crippen LogP contribution in [0.1, 0.15) is 29.2 Å². The van der Waals surface area contributed by atoms with Gasteiger partial charge in [0.25, 0.3) is 0 Å². The Kier molecular flexibility index (Phi) is 7.34. The molecular formula is C31H32N2O. The lowest BCUT2D eigenvalue weighted by molar-refractivity contribution is 0.230. The molecule has 3 nitrogen and oxygen atoms in total. The number of nitrogens with one attached hydrogen (secondary N) is 1. The Morgan fingerprint density at radius 2 is 1.35 bits per heavy atom. The standard InChI is InChI=1S/C31H32N2O/c1-3-10-25(11-4-1)24-34-30-15-8-7-14-29(30)31(33-22-9-20-32-21-23-33)28-18-16-27(17-19-28)26-12-5-2-6-13-26/h1-8,10-19,31-32H,9,20-24H2. The van der Waals surface area contributed by atoms with Gasteiger partial charge in [-0.25, -0.2) is 0 Å². The van der Waals surface area contributed by atoms with Gasteiger partial charge < -0.3 is 10.1 Å². The van der Waals surface area contributed by atoms with E-state index in [1.165, 1.54) is 27.8 Å². The topological polar surface area (TPSA) is 24.5 Å². The van der Waals surface area contributed by atoms with E-state index in [0.717, 1.165) is 38.3 Å². The van der Waals surface area contributed by atoms with Gasteiger partial charge >= 0.3 is 0 Å². The SMILES string of the molecule is c1ccc(COc2ccccc2C(c2ccc(-c3ccccc3)cc2)N2CCCNCC2)cc1. The minimum atomic E-state index is 0.150. The summed E-state index contributed by atoms with van der Waals surface area (Å²) in [6.07, 6.45) is 1.14. The molecule has 3 heteroatoms. The van der Waals surface area contributed by atoms with Crippen molar-refractivity contribution >= 4 is 0 Å². The molecule has 1 atom stereocenters. The van der Waals surface area contributed by atoms with Gasteiger partial charge in [-0.1, -0.05) is 103 Å². The Morgan fingerprint density at radius 3 is 2.15 bits per heavy atom. The van der Waals surface area contributed by atoms with Crippen molar-refractivity contribution in [3.8, 4) is 16.9 Å². The van der Waals surface area contributed by atoms with Crippen LogP contribution in [0, 0.1) is 0 Å². The summed E-state index contributed by atoms with van der Waals surface area (Å²) in [5.41, 5.74) is 6.20. The van der Waals surface area contributed by atoms with E-state index in [2.05, 4.69) is 113 Å². The molecule has 0 amide bonds. The fourth-order valence-electron chi connectivity index (χ4n) is 4.77. The lowest BCUT2D eigenvalue weighted by Crippen LogP contribution is -2.33. The monoisotopic (exact) mass is 448 g/mol. The minimum Gasteiger partial charge on any atom is -0.489 e. The van der Waals surface area contributed by atoms with Crippen LogP contribution in [0.2, 0.25) is 0 Å². The molecule has 0 spiro atoms. The summed E-state index contributed by atoms with van der Waals surface area (Å²) in [6.45, 7) is 4.72. The van der Waals surface area contributed by atoms with Crippen LogP contribution in [-0.4, -0.2) is 31.1 Å². The first-order chi connectivity index (χ1) is 16.9. The summed E-state index contributed by atoms with van der Waals surface area (Å²) in [4.78, 5) is 2.60. The second-order valence-electron chi connectivity index (χ2n) is 8.84. The Balaban J connectivity index is 1.48. The summed E-state index contributed by atoms with van der Waals surface area (Å²) in [6, 6.07) is 38.8. The molecule has 0 aliphatic carbocycles. The van der Waals surface area contributed by atoms with Crippen LogP contribution in [0.3, 0.4) is 0 Å². The number of hydrogen-bond acceptors (Lipinski definition) is 3. The molecule has 1 fully saturated rings. The van der Waals surface area contributed by atoms with Crippen molar-refractivity contribution < 1.29 is 4.74 Å². The molecule has 0 aromatic heterocycles. The molecule has 1 heterocycles. The van der Waals surface area contributed by atoms with Gasteiger partial charge in [-0.2, -0.15) is 0 Å². The first-order valence-corrected chi connectivity index (χ1v) is 12.2. The Morgan fingerprint density at radius 1 is 0.676 bits per heavy atom. The Labute approximate surface area is 203 Å². The summed E-state index contributed by atoms with van der Waals surface area (Å²) in [5, 5.41) is 3.55. The third kappa shape index (κ3) is 5.39. The van der Waals surface area contributed by atoms with Crippen molar-refractivity contribution in [2.75, 3.05) is 26.2 Å². The molecule has 1 saturated heterocycles. The van der Waals surface area contributed by atoms with Crippen molar-refractivity contribution in [3.05, 3.63) is 126 Å². The van der Waals surface area contributed by atoms with E-state index < -0.39 is 0 Å². The highest BCUT2D eigenvalue weighted by molar-refractivity contribution is 5.63. The summed E-state index contributed by atoms with van der Waals surface area (Å²) in [7, 11) is 0. The third-order valence-corrected chi connectivity index (χ3v) is 6.52. The van der Waals surface area contributed by atoms with Crippen LogP contribution < -0.4 is 10.1 Å². The smallest absolute Gasteiger partial charge is 0.124 e. The number of para-hydroxylation sites is 1. The predicted molar refractivity (Wildman–Crippen MR) is 140 cm³/mol. The lowest BCUT2D eigenvalue weighted by atomic mass is 9.94. The molecule has 5 rings (SSSR count). The van der Waals surface area contributed by atoms with E-state index in [0.29, 0.717) is 6.61 Å².